The second kappa shape index (κ2) is 3.63. The van der Waals surface area contributed by atoms with Crippen molar-refractivity contribution in [2.24, 2.45) is 5.73 Å². The zero-order chi connectivity index (χ0) is 9.97. The molecule has 5 nitrogen and oxygen atoms in total. The van der Waals surface area contributed by atoms with E-state index in [1.165, 1.54) is 0 Å². The summed E-state index contributed by atoms with van der Waals surface area (Å²) in [5.41, 5.74) is 6.91. The molecule has 1 unspecified atom stereocenters. The maximum atomic E-state index is 6.03. The Balaban J connectivity index is 2.31. The van der Waals surface area contributed by atoms with Gasteiger partial charge in [0.05, 0.1) is 5.69 Å². The van der Waals surface area contributed by atoms with Gasteiger partial charge in [-0.1, -0.05) is 0 Å². The van der Waals surface area contributed by atoms with Crippen molar-refractivity contribution in [2.45, 2.75) is 19.5 Å². The van der Waals surface area contributed by atoms with E-state index in [1.54, 1.807) is 12.4 Å². The lowest BCUT2D eigenvalue weighted by molar-refractivity contribution is 0.646. The van der Waals surface area contributed by atoms with E-state index in [2.05, 4.69) is 22.1 Å². The molecule has 74 valence electrons. The van der Waals surface area contributed by atoms with Gasteiger partial charge in [0.15, 0.2) is 0 Å². The summed E-state index contributed by atoms with van der Waals surface area (Å²) in [6, 6.07) is 1.63. The van der Waals surface area contributed by atoms with Crippen LogP contribution in [0, 0.1) is 0 Å². The number of hydrogen-bond acceptors (Lipinski definition) is 3. The highest BCUT2D eigenvalue weighted by Crippen LogP contribution is 2.14. The maximum Gasteiger partial charge on any atom is 0.131 e. The predicted molar refractivity (Wildman–Crippen MR) is 52.5 cm³/mol. The number of nitrogens with one attached hydrogen (secondary N) is 1. The Morgan fingerprint density at radius 1 is 1.57 bits per heavy atom. The minimum atomic E-state index is -0.229. The van der Waals surface area contributed by atoms with Crippen LogP contribution in [-0.2, 0) is 6.54 Å². The van der Waals surface area contributed by atoms with E-state index in [4.69, 9.17) is 5.73 Å². The van der Waals surface area contributed by atoms with E-state index in [0.29, 0.717) is 0 Å². The van der Waals surface area contributed by atoms with Crippen LogP contribution in [0.3, 0.4) is 0 Å². The SMILES string of the molecule is CCn1ccnc1C(N)c1ccn[nH]1. The predicted octanol–water partition coefficient (Wildman–Crippen LogP) is 0.674. The maximum absolute atomic E-state index is 6.03. The van der Waals surface area contributed by atoms with Crippen molar-refractivity contribution in [1.29, 1.82) is 0 Å². The van der Waals surface area contributed by atoms with Crippen molar-refractivity contribution >= 4 is 0 Å². The third kappa shape index (κ3) is 1.42. The second-order valence-electron chi connectivity index (χ2n) is 3.06. The van der Waals surface area contributed by atoms with Crippen LogP contribution in [0.25, 0.3) is 0 Å². The van der Waals surface area contributed by atoms with Crippen molar-refractivity contribution in [3.63, 3.8) is 0 Å². The van der Waals surface area contributed by atoms with Gasteiger partial charge < -0.3 is 10.3 Å². The Hall–Kier alpha value is -1.62. The molecule has 0 radical (unpaired) electrons. The van der Waals surface area contributed by atoms with Crippen LogP contribution in [0.15, 0.2) is 24.7 Å². The smallest absolute Gasteiger partial charge is 0.131 e. The number of aromatic amines is 1. The highest BCUT2D eigenvalue weighted by Gasteiger charge is 2.14. The van der Waals surface area contributed by atoms with E-state index < -0.39 is 0 Å². The zero-order valence-electron chi connectivity index (χ0n) is 8.01. The topological polar surface area (TPSA) is 72.5 Å². The van der Waals surface area contributed by atoms with Crippen LogP contribution in [-0.4, -0.2) is 19.7 Å². The average Bonchev–Trinajstić information content (AvgIpc) is 2.87. The molecule has 0 amide bonds. The van der Waals surface area contributed by atoms with E-state index in [9.17, 15) is 0 Å². The summed E-state index contributed by atoms with van der Waals surface area (Å²) < 4.78 is 2.02. The lowest BCUT2D eigenvalue weighted by atomic mass is 10.2. The van der Waals surface area contributed by atoms with Gasteiger partial charge in [-0.15, -0.1) is 0 Å². The van der Waals surface area contributed by atoms with E-state index in [1.807, 2.05) is 16.8 Å². The van der Waals surface area contributed by atoms with Gasteiger partial charge in [-0.05, 0) is 13.0 Å². The molecule has 2 heterocycles. The normalized spacial score (nSPS) is 13.0. The highest BCUT2D eigenvalue weighted by molar-refractivity contribution is 5.15. The Bertz CT molecular complexity index is 389. The third-order valence-corrected chi connectivity index (χ3v) is 2.22. The molecule has 2 rings (SSSR count). The van der Waals surface area contributed by atoms with Crippen LogP contribution in [0.5, 0.6) is 0 Å². The quantitative estimate of drug-likeness (QED) is 0.749. The van der Waals surface area contributed by atoms with E-state index >= 15 is 0 Å². The van der Waals surface area contributed by atoms with E-state index in [-0.39, 0.29) is 6.04 Å². The molecule has 0 spiro atoms. The first kappa shape index (κ1) is 8.96. The fourth-order valence-electron chi connectivity index (χ4n) is 1.45. The van der Waals surface area contributed by atoms with Gasteiger partial charge >= 0.3 is 0 Å². The first-order chi connectivity index (χ1) is 6.83. The summed E-state index contributed by atoms with van der Waals surface area (Å²) in [7, 11) is 0. The molecule has 0 aliphatic heterocycles. The highest BCUT2D eigenvalue weighted by atomic mass is 15.1. The molecule has 0 aliphatic carbocycles. The van der Waals surface area contributed by atoms with Gasteiger partial charge in [0.1, 0.15) is 11.9 Å². The molecule has 3 N–H and O–H groups in total. The molecule has 2 aromatic rings. The minimum absolute atomic E-state index is 0.229. The summed E-state index contributed by atoms with van der Waals surface area (Å²) in [6.45, 7) is 2.93. The number of aryl methyl sites for hydroxylation is 1. The Morgan fingerprint density at radius 3 is 3.07 bits per heavy atom. The molecule has 0 bridgehead atoms. The number of hydrogen-bond donors (Lipinski definition) is 2. The zero-order valence-corrected chi connectivity index (χ0v) is 8.01. The molecule has 5 heteroatoms. The van der Waals surface area contributed by atoms with Crippen LogP contribution in [0.4, 0.5) is 0 Å². The van der Waals surface area contributed by atoms with Crippen LogP contribution < -0.4 is 5.73 Å². The van der Waals surface area contributed by atoms with Crippen LogP contribution in [0.2, 0.25) is 0 Å². The largest absolute Gasteiger partial charge is 0.334 e. The lowest BCUT2D eigenvalue weighted by Crippen LogP contribution is -2.17. The molecule has 14 heavy (non-hydrogen) atoms. The fourth-order valence-corrected chi connectivity index (χ4v) is 1.45. The van der Waals surface area contributed by atoms with E-state index in [0.717, 1.165) is 18.1 Å². The second-order valence-corrected chi connectivity index (χ2v) is 3.06. The number of aromatic nitrogens is 4. The van der Waals surface area contributed by atoms with Crippen molar-refractivity contribution in [2.75, 3.05) is 0 Å². The molecular weight excluding hydrogens is 178 g/mol. The summed E-state index contributed by atoms with van der Waals surface area (Å²) >= 11 is 0. The van der Waals surface area contributed by atoms with Crippen LogP contribution >= 0.6 is 0 Å². The first-order valence-corrected chi connectivity index (χ1v) is 4.58. The Kier molecular flexibility index (Phi) is 2.32. The van der Waals surface area contributed by atoms with Crippen LogP contribution in [0.1, 0.15) is 24.5 Å². The molecule has 0 saturated heterocycles. The summed E-state index contributed by atoms with van der Waals surface area (Å²) in [6.07, 6.45) is 5.37. The molecule has 1 atom stereocenters. The molecule has 0 aromatic carbocycles. The molecular formula is C9H13N5. The summed E-state index contributed by atoms with van der Waals surface area (Å²) in [5, 5.41) is 6.71. The minimum Gasteiger partial charge on any atom is -0.334 e. The van der Waals surface area contributed by atoms with Crippen molar-refractivity contribution in [3.8, 4) is 0 Å². The third-order valence-electron chi connectivity index (χ3n) is 2.22. The van der Waals surface area contributed by atoms with Gasteiger partial charge in [-0.3, -0.25) is 5.10 Å². The number of H-pyrrole nitrogens is 1. The lowest BCUT2D eigenvalue weighted by Gasteiger charge is -2.10. The Labute approximate surface area is 82.0 Å². The molecule has 2 aromatic heterocycles. The van der Waals surface area contributed by atoms with Gasteiger partial charge in [0.25, 0.3) is 0 Å². The molecule has 0 saturated carbocycles. The molecule has 0 aliphatic rings. The number of rotatable bonds is 3. The Morgan fingerprint density at radius 2 is 2.43 bits per heavy atom. The number of nitrogens with two attached hydrogens (primary N) is 1. The number of nitrogens with zero attached hydrogens (tertiary/aromatic N) is 3. The summed E-state index contributed by atoms with van der Waals surface area (Å²) in [5.74, 6) is 0.858. The van der Waals surface area contributed by atoms with Crippen molar-refractivity contribution in [3.05, 3.63) is 36.2 Å². The monoisotopic (exact) mass is 191 g/mol. The van der Waals surface area contributed by atoms with Gasteiger partial charge in [0.2, 0.25) is 0 Å². The fraction of sp³-hybridized carbons (Fsp3) is 0.333. The first-order valence-electron chi connectivity index (χ1n) is 4.58. The standard InChI is InChI=1S/C9H13N5/c1-2-14-6-5-11-9(14)8(10)7-3-4-12-13-7/h3-6,8H,2,10H2,1H3,(H,12,13). The number of imidazole rings is 1. The average molecular weight is 191 g/mol. The van der Waals surface area contributed by atoms with Crippen molar-refractivity contribution < 1.29 is 0 Å². The van der Waals surface area contributed by atoms with Crippen molar-refractivity contribution in [1.82, 2.24) is 19.7 Å². The van der Waals surface area contributed by atoms with Gasteiger partial charge in [-0.25, -0.2) is 4.98 Å². The molecule has 0 fully saturated rings. The van der Waals surface area contributed by atoms with Gasteiger partial charge in [-0.2, -0.15) is 5.10 Å². The summed E-state index contributed by atoms with van der Waals surface area (Å²) in [4.78, 5) is 4.23. The van der Waals surface area contributed by atoms with Gasteiger partial charge in [0, 0.05) is 25.1 Å².